The highest BCUT2D eigenvalue weighted by molar-refractivity contribution is 6.04. The number of nitrogens with one attached hydrogen (secondary N) is 1. The third kappa shape index (κ3) is 5.31. The number of amides is 1. The summed E-state index contributed by atoms with van der Waals surface area (Å²) in [5, 5.41) is 13.7. The van der Waals surface area contributed by atoms with Crippen LogP contribution in [-0.4, -0.2) is 17.4 Å². The molecule has 0 aromatic heterocycles. The molecule has 2 rings (SSSR count). The molecular weight excluding hydrogens is 332 g/mol. The minimum absolute atomic E-state index is 0.0189. The lowest BCUT2D eigenvalue weighted by Crippen LogP contribution is -2.13. The summed E-state index contributed by atoms with van der Waals surface area (Å²) in [6.45, 7) is 4.45. The second kappa shape index (κ2) is 9.56. The van der Waals surface area contributed by atoms with Gasteiger partial charge in [0.2, 0.25) is 0 Å². The predicted octanol–water partition coefficient (Wildman–Crippen LogP) is 5.11. The van der Waals surface area contributed by atoms with E-state index in [0.717, 1.165) is 18.6 Å². The van der Waals surface area contributed by atoms with Gasteiger partial charge in [-0.25, -0.2) is 0 Å². The molecule has 0 aliphatic carbocycles. The summed E-state index contributed by atoms with van der Waals surface area (Å²) >= 11 is 0. The van der Waals surface area contributed by atoms with E-state index in [2.05, 4.69) is 12.2 Å². The number of nitrogens with zero attached hydrogens (tertiary/aromatic N) is 1. The minimum atomic E-state index is -0.461. The van der Waals surface area contributed by atoms with Gasteiger partial charge in [0, 0.05) is 11.6 Å². The lowest BCUT2D eigenvalue weighted by molar-refractivity contribution is -0.385. The number of carbonyl (C=O) groups excluding carboxylic acids is 1. The summed E-state index contributed by atoms with van der Waals surface area (Å²) in [6.07, 6.45) is 4.56. The molecule has 0 unspecified atom stereocenters. The maximum Gasteiger partial charge on any atom is 0.274 e. The Morgan fingerprint density at radius 3 is 2.50 bits per heavy atom. The second-order valence-corrected chi connectivity index (χ2v) is 6.09. The Morgan fingerprint density at radius 1 is 1.12 bits per heavy atom. The van der Waals surface area contributed by atoms with E-state index in [1.54, 1.807) is 43.3 Å². The molecule has 0 bridgehead atoms. The number of hydrogen-bond acceptors (Lipinski definition) is 4. The normalized spacial score (nSPS) is 10.4. The number of carbonyl (C=O) groups is 1. The van der Waals surface area contributed by atoms with Crippen LogP contribution in [0.1, 0.15) is 48.5 Å². The van der Waals surface area contributed by atoms with Gasteiger partial charge in [0.15, 0.2) is 0 Å². The van der Waals surface area contributed by atoms with E-state index >= 15 is 0 Å². The lowest BCUT2D eigenvalue weighted by atomic mass is 10.1. The molecular formula is C20H24N2O4. The largest absolute Gasteiger partial charge is 0.494 e. The fourth-order valence-corrected chi connectivity index (χ4v) is 2.57. The summed E-state index contributed by atoms with van der Waals surface area (Å²) in [5.41, 5.74) is 1.31. The Labute approximate surface area is 153 Å². The minimum Gasteiger partial charge on any atom is -0.494 e. The molecule has 0 radical (unpaired) electrons. The van der Waals surface area contributed by atoms with Crippen LogP contribution in [0, 0.1) is 17.0 Å². The molecule has 6 heteroatoms. The molecule has 0 aliphatic heterocycles. The molecule has 1 amide bonds. The zero-order valence-electron chi connectivity index (χ0n) is 15.2. The molecule has 0 aliphatic rings. The molecule has 2 aromatic rings. The van der Waals surface area contributed by atoms with Gasteiger partial charge < -0.3 is 10.1 Å². The SMILES string of the molecule is CCCCCCOc1ccc(C(=O)Nc2cccc([N+](=O)[O-])c2C)cc1. The highest BCUT2D eigenvalue weighted by atomic mass is 16.6. The zero-order chi connectivity index (χ0) is 18.9. The van der Waals surface area contributed by atoms with Gasteiger partial charge in [-0.2, -0.15) is 0 Å². The first-order valence-corrected chi connectivity index (χ1v) is 8.81. The maximum atomic E-state index is 12.4. The van der Waals surface area contributed by atoms with Crippen molar-refractivity contribution < 1.29 is 14.5 Å². The third-order valence-electron chi connectivity index (χ3n) is 4.13. The summed E-state index contributed by atoms with van der Waals surface area (Å²) in [5.74, 6) is 0.410. The number of hydrogen-bond donors (Lipinski definition) is 1. The first-order chi connectivity index (χ1) is 12.5. The van der Waals surface area contributed by atoms with Crippen molar-refractivity contribution in [3.63, 3.8) is 0 Å². The first kappa shape index (κ1) is 19.4. The Hall–Kier alpha value is -2.89. The number of unbranched alkanes of at least 4 members (excludes halogenated alkanes) is 3. The smallest absolute Gasteiger partial charge is 0.274 e. The number of rotatable bonds is 9. The molecule has 2 aromatic carbocycles. The molecule has 0 fully saturated rings. The zero-order valence-corrected chi connectivity index (χ0v) is 15.2. The highest BCUT2D eigenvalue weighted by Gasteiger charge is 2.15. The van der Waals surface area contributed by atoms with Crippen molar-refractivity contribution in [2.24, 2.45) is 0 Å². The van der Waals surface area contributed by atoms with Gasteiger partial charge in [0.1, 0.15) is 5.75 Å². The maximum absolute atomic E-state index is 12.4. The van der Waals surface area contributed by atoms with Gasteiger partial charge in [-0.3, -0.25) is 14.9 Å². The summed E-state index contributed by atoms with van der Waals surface area (Å²) in [7, 11) is 0. The lowest BCUT2D eigenvalue weighted by Gasteiger charge is -2.10. The van der Waals surface area contributed by atoms with Crippen molar-refractivity contribution in [1.29, 1.82) is 0 Å². The van der Waals surface area contributed by atoms with Crippen molar-refractivity contribution in [3.8, 4) is 5.75 Å². The topological polar surface area (TPSA) is 81.5 Å². The van der Waals surface area contributed by atoms with Gasteiger partial charge in [-0.1, -0.05) is 32.3 Å². The quantitative estimate of drug-likeness (QED) is 0.384. The Kier molecular flexibility index (Phi) is 7.14. The summed E-state index contributed by atoms with van der Waals surface area (Å²) in [4.78, 5) is 22.9. The predicted molar refractivity (Wildman–Crippen MR) is 102 cm³/mol. The second-order valence-electron chi connectivity index (χ2n) is 6.09. The van der Waals surface area contributed by atoms with E-state index in [-0.39, 0.29) is 11.6 Å². The van der Waals surface area contributed by atoms with E-state index in [9.17, 15) is 14.9 Å². The molecule has 0 spiro atoms. The number of benzene rings is 2. The van der Waals surface area contributed by atoms with Crippen LogP contribution in [-0.2, 0) is 0 Å². The van der Waals surface area contributed by atoms with Crippen LogP contribution in [0.3, 0.4) is 0 Å². The number of anilines is 1. The van der Waals surface area contributed by atoms with Gasteiger partial charge >= 0.3 is 0 Å². The van der Waals surface area contributed by atoms with Gasteiger partial charge in [-0.05, 0) is 43.7 Å². The molecule has 1 N–H and O–H groups in total. The van der Waals surface area contributed by atoms with Crippen LogP contribution >= 0.6 is 0 Å². The fraction of sp³-hybridized carbons (Fsp3) is 0.350. The molecule has 138 valence electrons. The van der Waals surface area contributed by atoms with Crippen LogP contribution in [0.5, 0.6) is 5.75 Å². The number of nitro groups is 1. The van der Waals surface area contributed by atoms with Crippen LogP contribution in [0.25, 0.3) is 0 Å². The van der Waals surface area contributed by atoms with Crippen LogP contribution in [0.15, 0.2) is 42.5 Å². The molecule has 0 saturated heterocycles. The van der Waals surface area contributed by atoms with Gasteiger partial charge in [0.25, 0.3) is 11.6 Å². The molecule has 0 atom stereocenters. The Morgan fingerprint density at radius 2 is 1.85 bits per heavy atom. The molecule has 0 saturated carbocycles. The number of ether oxygens (including phenoxy) is 1. The third-order valence-corrected chi connectivity index (χ3v) is 4.13. The van der Waals surface area contributed by atoms with Crippen molar-refractivity contribution in [2.75, 3.05) is 11.9 Å². The summed E-state index contributed by atoms with van der Waals surface area (Å²) < 4.78 is 5.66. The average Bonchev–Trinajstić information content (AvgIpc) is 2.63. The van der Waals surface area contributed by atoms with Gasteiger partial charge in [-0.15, -0.1) is 0 Å². The van der Waals surface area contributed by atoms with Crippen molar-refractivity contribution in [1.82, 2.24) is 0 Å². The van der Waals surface area contributed by atoms with E-state index in [0.29, 0.717) is 23.4 Å². The molecule has 0 heterocycles. The van der Waals surface area contributed by atoms with Crippen LogP contribution in [0.2, 0.25) is 0 Å². The van der Waals surface area contributed by atoms with Crippen molar-refractivity contribution >= 4 is 17.3 Å². The average molecular weight is 356 g/mol. The van der Waals surface area contributed by atoms with E-state index in [1.807, 2.05) is 0 Å². The summed E-state index contributed by atoms with van der Waals surface area (Å²) in [6, 6.07) is 11.5. The first-order valence-electron chi connectivity index (χ1n) is 8.81. The van der Waals surface area contributed by atoms with Crippen LogP contribution in [0.4, 0.5) is 11.4 Å². The van der Waals surface area contributed by atoms with E-state index in [4.69, 9.17) is 4.74 Å². The van der Waals surface area contributed by atoms with Crippen molar-refractivity contribution in [3.05, 3.63) is 63.7 Å². The van der Waals surface area contributed by atoms with E-state index in [1.165, 1.54) is 18.9 Å². The molecule has 6 nitrogen and oxygen atoms in total. The fourth-order valence-electron chi connectivity index (χ4n) is 2.57. The molecule has 26 heavy (non-hydrogen) atoms. The Balaban J connectivity index is 1.96. The monoisotopic (exact) mass is 356 g/mol. The Bertz CT molecular complexity index is 757. The number of nitro benzene ring substituents is 1. The van der Waals surface area contributed by atoms with E-state index < -0.39 is 4.92 Å². The van der Waals surface area contributed by atoms with Gasteiger partial charge in [0.05, 0.1) is 22.8 Å². The van der Waals surface area contributed by atoms with Crippen molar-refractivity contribution in [2.45, 2.75) is 39.5 Å². The highest BCUT2D eigenvalue weighted by Crippen LogP contribution is 2.25. The van der Waals surface area contributed by atoms with Crippen LogP contribution < -0.4 is 10.1 Å². The standard InChI is InChI=1S/C20H24N2O4/c1-3-4-5-6-14-26-17-12-10-16(11-13-17)20(23)21-18-8-7-9-19(15(18)2)22(24)25/h7-13H,3-6,14H2,1-2H3,(H,21,23).